The first-order valence-corrected chi connectivity index (χ1v) is 6.45. The molecule has 0 saturated heterocycles. The highest BCUT2D eigenvalue weighted by molar-refractivity contribution is 5.24. The Morgan fingerprint density at radius 1 is 0.833 bits per heavy atom. The van der Waals surface area contributed by atoms with Crippen LogP contribution in [0.2, 0.25) is 0 Å². The predicted octanol–water partition coefficient (Wildman–Crippen LogP) is 3.89. The zero-order valence-electron chi connectivity index (χ0n) is 11.0. The van der Waals surface area contributed by atoms with Crippen LogP contribution < -0.4 is 0 Å². The molecule has 0 unspecified atom stereocenters. The average Bonchev–Trinajstić information content (AvgIpc) is 2.41. The molecule has 0 aliphatic rings. The Balaban J connectivity index is 1.99. The van der Waals surface area contributed by atoms with Gasteiger partial charge < -0.3 is 0 Å². The van der Waals surface area contributed by atoms with Gasteiger partial charge in [-0.2, -0.15) is 0 Å². The molecule has 2 aromatic rings. The van der Waals surface area contributed by atoms with Crippen molar-refractivity contribution in [1.29, 1.82) is 0 Å². The van der Waals surface area contributed by atoms with Crippen LogP contribution in [0.1, 0.15) is 23.6 Å². The summed E-state index contributed by atoms with van der Waals surface area (Å²) in [7, 11) is 0. The first kappa shape index (κ1) is 12.8. The molecule has 0 heterocycles. The van der Waals surface area contributed by atoms with Gasteiger partial charge in [0, 0.05) is 13.1 Å². The third kappa shape index (κ3) is 3.71. The van der Waals surface area contributed by atoms with Crippen LogP contribution in [0.5, 0.6) is 0 Å². The lowest BCUT2D eigenvalue weighted by molar-refractivity contribution is 0.271. The van der Waals surface area contributed by atoms with Gasteiger partial charge in [0.05, 0.1) is 0 Å². The number of benzene rings is 2. The van der Waals surface area contributed by atoms with E-state index in [1.807, 2.05) is 0 Å². The summed E-state index contributed by atoms with van der Waals surface area (Å²) in [4.78, 5) is 2.44. The van der Waals surface area contributed by atoms with Crippen molar-refractivity contribution in [3.63, 3.8) is 0 Å². The molecule has 1 radical (unpaired) electrons. The van der Waals surface area contributed by atoms with Gasteiger partial charge in [-0.25, -0.2) is 0 Å². The maximum atomic E-state index is 3.92. The van der Waals surface area contributed by atoms with Gasteiger partial charge in [-0.05, 0) is 30.2 Å². The van der Waals surface area contributed by atoms with Gasteiger partial charge in [-0.3, -0.25) is 4.90 Å². The molecular formula is C17H20N. The van der Waals surface area contributed by atoms with Crippen molar-refractivity contribution in [3.8, 4) is 0 Å². The third-order valence-corrected chi connectivity index (χ3v) is 3.13. The second-order valence-electron chi connectivity index (χ2n) is 4.61. The lowest BCUT2D eigenvalue weighted by atomic mass is 10.1. The SMILES string of the molecule is [CH2]c1ccc(CN(CC)Cc2ccccc2)cc1. The highest BCUT2D eigenvalue weighted by Crippen LogP contribution is 2.10. The zero-order valence-corrected chi connectivity index (χ0v) is 11.0. The second kappa shape index (κ2) is 6.36. The Morgan fingerprint density at radius 2 is 1.39 bits per heavy atom. The molecule has 0 aromatic heterocycles. The smallest absolute Gasteiger partial charge is 0.0237 e. The van der Waals surface area contributed by atoms with Crippen molar-refractivity contribution in [2.75, 3.05) is 6.54 Å². The van der Waals surface area contributed by atoms with Gasteiger partial charge in [0.2, 0.25) is 0 Å². The van der Waals surface area contributed by atoms with E-state index in [1.165, 1.54) is 11.1 Å². The van der Waals surface area contributed by atoms with Gasteiger partial charge in [0.25, 0.3) is 0 Å². The molecule has 1 heteroatoms. The minimum Gasteiger partial charge on any atom is -0.295 e. The maximum Gasteiger partial charge on any atom is 0.0237 e. The molecule has 0 aliphatic heterocycles. The molecular weight excluding hydrogens is 218 g/mol. The summed E-state index contributed by atoms with van der Waals surface area (Å²) in [6.07, 6.45) is 0. The fourth-order valence-corrected chi connectivity index (χ4v) is 2.02. The second-order valence-corrected chi connectivity index (χ2v) is 4.61. The fraction of sp³-hybridized carbons (Fsp3) is 0.235. The summed E-state index contributed by atoms with van der Waals surface area (Å²) in [5.41, 5.74) is 3.79. The monoisotopic (exact) mass is 238 g/mol. The zero-order chi connectivity index (χ0) is 12.8. The Hall–Kier alpha value is -1.60. The van der Waals surface area contributed by atoms with Crippen molar-refractivity contribution in [2.45, 2.75) is 20.0 Å². The van der Waals surface area contributed by atoms with E-state index in [0.717, 1.165) is 25.2 Å². The lowest BCUT2D eigenvalue weighted by Crippen LogP contribution is -2.22. The van der Waals surface area contributed by atoms with E-state index in [0.29, 0.717) is 0 Å². The Bertz CT molecular complexity index is 459. The molecule has 18 heavy (non-hydrogen) atoms. The standard InChI is InChI=1S/C17H20N/c1-3-18(13-16-7-5-4-6-8-16)14-17-11-9-15(2)10-12-17/h4-12H,2-3,13-14H2,1H3. The quantitative estimate of drug-likeness (QED) is 0.764. The van der Waals surface area contributed by atoms with Crippen molar-refractivity contribution in [3.05, 3.63) is 78.2 Å². The Labute approximate surface area is 110 Å². The minimum absolute atomic E-state index is 0.992. The molecule has 93 valence electrons. The van der Waals surface area contributed by atoms with Crippen LogP contribution in [0.25, 0.3) is 0 Å². The van der Waals surface area contributed by atoms with E-state index in [1.54, 1.807) is 0 Å². The van der Waals surface area contributed by atoms with Crippen molar-refractivity contribution in [2.24, 2.45) is 0 Å². The van der Waals surface area contributed by atoms with Gasteiger partial charge in [-0.1, -0.05) is 61.5 Å². The molecule has 0 amide bonds. The molecule has 0 atom stereocenters. The molecule has 0 spiro atoms. The summed E-state index contributed by atoms with van der Waals surface area (Å²) < 4.78 is 0. The largest absolute Gasteiger partial charge is 0.295 e. The number of nitrogens with zero attached hydrogens (tertiary/aromatic N) is 1. The van der Waals surface area contributed by atoms with E-state index in [9.17, 15) is 0 Å². The molecule has 2 rings (SSSR count). The minimum atomic E-state index is 0.992. The van der Waals surface area contributed by atoms with Gasteiger partial charge in [0.15, 0.2) is 0 Å². The molecule has 0 saturated carbocycles. The summed E-state index contributed by atoms with van der Waals surface area (Å²) >= 11 is 0. The molecule has 0 bridgehead atoms. The van der Waals surface area contributed by atoms with Crippen molar-refractivity contribution < 1.29 is 0 Å². The molecule has 0 aliphatic carbocycles. The highest BCUT2D eigenvalue weighted by atomic mass is 15.1. The predicted molar refractivity (Wildman–Crippen MR) is 77.1 cm³/mol. The van der Waals surface area contributed by atoms with Crippen LogP contribution in [0.3, 0.4) is 0 Å². The number of hydrogen-bond donors (Lipinski definition) is 0. The number of hydrogen-bond acceptors (Lipinski definition) is 1. The number of rotatable bonds is 5. The topological polar surface area (TPSA) is 3.24 Å². The van der Waals surface area contributed by atoms with E-state index < -0.39 is 0 Å². The third-order valence-electron chi connectivity index (χ3n) is 3.13. The molecule has 2 aromatic carbocycles. The molecule has 0 N–H and O–H groups in total. The van der Waals surface area contributed by atoms with E-state index in [2.05, 4.69) is 73.3 Å². The maximum absolute atomic E-state index is 3.92. The first-order valence-electron chi connectivity index (χ1n) is 6.45. The molecule has 0 fully saturated rings. The fourth-order valence-electron chi connectivity index (χ4n) is 2.02. The summed E-state index contributed by atoms with van der Waals surface area (Å²) in [6, 6.07) is 19.1. The Kier molecular flexibility index (Phi) is 4.54. The van der Waals surface area contributed by atoms with Crippen LogP contribution in [0, 0.1) is 6.92 Å². The van der Waals surface area contributed by atoms with Crippen LogP contribution in [-0.4, -0.2) is 11.4 Å². The first-order chi connectivity index (χ1) is 8.78. The van der Waals surface area contributed by atoms with Crippen LogP contribution in [0.15, 0.2) is 54.6 Å². The van der Waals surface area contributed by atoms with Crippen molar-refractivity contribution >= 4 is 0 Å². The molecule has 1 nitrogen and oxygen atoms in total. The normalized spacial score (nSPS) is 10.8. The Morgan fingerprint density at radius 3 is 1.94 bits per heavy atom. The van der Waals surface area contributed by atoms with Crippen LogP contribution in [-0.2, 0) is 13.1 Å². The van der Waals surface area contributed by atoms with E-state index in [-0.39, 0.29) is 0 Å². The van der Waals surface area contributed by atoms with Crippen LogP contribution >= 0.6 is 0 Å². The van der Waals surface area contributed by atoms with E-state index >= 15 is 0 Å². The lowest BCUT2D eigenvalue weighted by Gasteiger charge is -2.20. The van der Waals surface area contributed by atoms with Gasteiger partial charge in [-0.15, -0.1) is 0 Å². The van der Waals surface area contributed by atoms with Gasteiger partial charge in [0.1, 0.15) is 0 Å². The highest BCUT2D eigenvalue weighted by Gasteiger charge is 2.04. The summed E-state index contributed by atoms with van der Waals surface area (Å²) in [5.74, 6) is 0. The van der Waals surface area contributed by atoms with Crippen LogP contribution in [0.4, 0.5) is 0 Å². The van der Waals surface area contributed by atoms with Crippen molar-refractivity contribution in [1.82, 2.24) is 4.90 Å². The van der Waals surface area contributed by atoms with Gasteiger partial charge >= 0.3 is 0 Å². The summed E-state index contributed by atoms with van der Waals surface area (Å²) in [6.45, 7) is 9.17. The van der Waals surface area contributed by atoms with E-state index in [4.69, 9.17) is 0 Å². The average molecular weight is 238 g/mol. The summed E-state index contributed by atoms with van der Waals surface area (Å²) in [5, 5.41) is 0.